The summed E-state index contributed by atoms with van der Waals surface area (Å²) >= 11 is 5.67. The summed E-state index contributed by atoms with van der Waals surface area (Å²) in [6.07, 6.45) is 2.00. The van der Waals surface area contributed by atoms with Crippen molar-refractivity contribution in [2.45, 2.75) is 24.3 Å². The fraction of sp³-hybridized carbons (Fsp3) is 0.467. The number of nitrogens with zero attached hydrogens (tertiary/aromatic N) is 1. The molecule has 126 valence electrons. The van der Waals surface area contributed by atoms with Gasteiger partial charge in [-0.2, -0.15) is 5.10 Å². The minimum atomic E-state index is -0.0934. The van der Waals surface area contributed by atoms with Gasteiger partial charge in [-0.05, 0) is 54.1 Å². The second kappa shape index (κ2) is 8.48. The first kappa shape index (κ1) is 18.7. The van der Waals surface area contributed by atoms with E-state index in [0.717, 1.165) is 17.1 Å². The fourth-order valence-corrected chi connectivity index (χ4v) is 5.56. The van der Waals surface area contributed by atoms with Crippen LogP contribution >= 0.6 is 46.1 Å². The molecule has 0 radical (unpaired) electrons. The molecule has 1 amide bonds. The van der Waals surface area contributed by atoms with Gasteiger partial charge in [-0.3, -0.25) is 4.79 Å². The van der Waals surface area contributed by atoms with Crippen LogP contribution in [0.1, 0.15) is 25.8 Å². The van der Waals surface area contributed by atoms with Crippen LogP contribution in [-0.2, 0) is 4.79 Å². The highest BCUT2D eigenvalue weighted by Gasteiger charge is 2.32. The first-order valence-corrected chi connectivity index (χ1v) is 10.2. The highest BCUT2D eigenvalue weighted by atomic mass is 127. The topological polar surface area (TPSA) is 70.9 Å². The minimum Gasteiger partial charge on any atom is -0.504 e. The smallest absolute Gasteiger partial charge is 0.242 e. The number of ether oxygens (including phenoxy) is 1. The van der Waals surface area contributed by atoms with Crippen molar-refractivity contribution >= 4 is 58.2 Å². The molecule has 2 N–H and O–H groups in total. The predicted octanol–water partition coefficient (Wildman–Crippen LogP) is 3.43. The lowest BCUT2D eigenvalue weighted by Gasteiger charge is -2.19. The number of benzene rings is 1. The van der Waals surface area contributed by atoms with Crippen molar-refractivity contribution in [3.63, 3.8) is 0 Å². The molecule has 1 aliphatic heterocycles. The molecule has 0 atom stereocenters. The van der Waals surface area contributed by atoms with Crippen LogP contribution < -0.4 is 10.2 Å². The van der Waals surface area contributed by atoms with Crippen LogP contribution in [0, 0.1) is 3.57 Å². The molecule has 0 aromatic heterocycles. The lowest BCUT2D eigenvalue weighted by atomic mass is 10.2. The number of hydrogen-bond acceptors (Lipinski definition) is 6. The fourth-order valence-electron chi connectivity index (χ4n) is 2.10. The number of carbonyl (C=O) groups excluding carboxylic acids is 1. The molecule has 2 rings (SSSR count). The minimum absolute atomic E-state index is 0.0460. The number of phenols is 1. The summed E-state index contributed by atoms with van der Waals surface area (Å²) in [6.45, 7) is 4.41. The van der Waals surface area contributed by atoms with E-state index in [1.807, 2.05) is 53.0 Å². The van der Waals surface area contributed by atoms with Crippen LogP contribution in [0.25, 0.3) is 0 Å². The number of carbonyl (C=O) groups is 1. The molecule has 0 spiro atoms. The van der Waals surface area contributed by atoms with E-state index in [2.05, 4.69) is 17.5 Å². The standard InChI is InChI=1S/C15H19IN2O3S2/c1-3-21-12-7-10(6-11(16)14(12)20)9-17-18-13(19)8-15(2)22-4-5-23-15/h6-7,9,20H,3-5,8H2,1-2H3,(H,18,19). The average molecular weight is 466 g/mol. The van der Waals surface area contributed by atoms with Crippen molar-refractivity contribution in [2.24, 2.45) is 5.10 Å². The van der Waals surface area contributed by atoms with Gasteiger partial charge in [0.25, 0.3) is 0 Å². The molecule has 1 fully saturated rings. The Morgan fingerprint density at radius 1 is 1.52 bits per heavy atom. The summed E-state index contributed by atoms with van der Waals surface area (Å²) in [5.74, 6) is 2.62. The number of halogens is 1. The van der Waals surface area contributed by atoms with Crippen LogP contribution in [0.15, 0.2) is 17.2 Å². The Morgan fingerprint density at radius 2 is 2.22 bits per heavy atom. The van der Waals surface area contributed by atoms with Gasteiger partial charge in [0, 0.05) is 11.5 Å². The van der Waals surface area contributed by atoms with E-state index in [9.17, 15) is 9.90 Å². The van der Waals surface area contributed by atoms with E-state index in [-0.39, 0.29) is 15.7 Å². The van der Waals surface area contributed by atoms with Gasteiger partial charge in [-0.15, -0.1) is 23.5 Å². The van der Waals surface area contributed by atoms with E-state index >= 15 is 0 Å². The Morgan fingerprint density at radius 3 is 2.87 bits per heavy atom. The van der Waals surface area contributed by atoms with Crippen LogP contribution in [0.2, 0.25) is 0 Å². The molecule has 23 heavy (non-hydrogen) atoms. The average Bonchev–Trinajstić information content (AvgIpc) is 2.90. The molecular formula is C15H19IN2O3S2. The van der Waals surface area contributed by atoms with Crippen molar-refractivity contribution in [1.29, 1.82) is 0 Å². The molecule has 0 unspecified atom stereocenters. The number of hydrogen-bond donors (Lipinski definition) is 2. The number of nitrogens with one attached hydrogen (secondary N) is 1. The van der Waals surface area contributed by atoms with E-state index in [1.165, 1.54) is 0 Å². The van der Waals surface area contributed by atoms with Crippen LogP contribution in [-0.4, -0.2) is 39.4 Å². The molecule has 8 heteroatoms. The predicted molar refractivity (Wildman–Crippen MR) is 106 cm³/mol. The first-order chi connectivity index (χ1) is 10.9. The van der Waals surface area contributed by atoms with E-state index in [1.54, 1.807) is 18.3 Å². The molecular weight excluding hydrogens is 447 g/mol. The molecule has 1 aromatic rings. The molecule has 1 aliphatic rings. The summed E-state index contributed by atoms with van der Waals surface area (Å²) < 4.78 is 6.01. The van der Waals surface area contributed by atoms with Gasteiger partial charge in [0.05, 0.1) is 26.9 Å². The van der Waals surface area contributed by atoms with Crippen LogP contribution in [0.3, 0.4) is 0 Å². The third kappa shape index (κ3) is 5.46. The van der Waals surface area contributed by atoms with Crippen molar-refractivity contribution in [3.05, 3.63) is 21.3 Å². The lowest BCUT2D eigenvalue weighted by Crippen LogP contribution is -2.26. The number of amides is 1. The van der Waals surface area contributed by atoms with Crippen molar-refractivity contribution in [3.8, 4) is 11.5 Å². The highest BCUT2D eigenvalue weighted by molar-refractivity contribution is 14.1. The molecule has 0 saturated carbocycles. The summed E-state index contributed by atoms with van der Waals surface area (Å²) in [7, 11) is 0. The number of hydrazone groups is 1. The van der Waals surface area contributed by atoms with Gasteiger partial charge in [-0.1, -0.05) is 0 Å². The molecule has 1 saturated heterocycles. The zero-order chi connectivity index (χ0) is 16.9. The zero-order valence-electron chi connectivity index (χ0n) is 13.0. The SMILES string of the molecule is CCOc1cc(C=NNC(=O)CC2(C)SCCS2)cc(I)c1O. The van der Waals surface area contributed by atoms with Crippen molar-refractivity contribution < 1.29 is 14.6 Å². The monoisotopic (exact) mass is 466 g/mol. The number of rotatable bonds is 6. The van der Waals surface area contributed by atoms with Gasteiger partial charge >= 0.3 is 0 Å². The quantitative estimate of drug-likeness (QED) is 0.382. The van der Waals surface area contributed by atoms with Gasteiger partial charge in [-0.25, -0.2) is 5.43 Å². The van der Waals surface area contributed by atoms with Gasteiger partial charge < -0.3 is 9.84 Å². The van der Waals surface area contributed by atoms with E-state index in [0.29, 0.717) is 22.3 Å². The molecule has 1 aromatic carbocycles. The number of thioether (sulfide) groups is 2. The second-order valence-electron chi connectivity index (χ2n) is 5.08. The second-order valence-corrected chi connectivity index (χ2v) is 9.70. The third-order valence-electron chi connectivity index (χ3n) is 3.13. The maximum absolute atomic E-state index is 12.0. The highest BCUT2D eigenvalue weighted by Crippen LogP contribution is 2.45. The first-order valence-electron chi connectivity index (χ1n) is 7.18. The summed E-state index contributed by atoms with van der Waals surface area (Å²) in [5, 5.41) is 13.9. The van der Waals surface area contributed by atoms with Crippen molar-refractivity contribution in [1.82, 2.24) is 5.43 Å². The van der Waals surface area contributed by atoms with Crippen LogP contribution in [0.4, 0.5) is 0 Å². The number of aromatic hydroxyl groups is 1. The maximum Gasteiger partial charge on any atom is 0.242 e. The molecule has 1 heterocycles. The van der Waals surface area contributed by atoms with Gasteiger partial charge in [0.2, 0.25) is 5.91 Å². The van der Waals surface area contributed by atoms with Crippen molar-refractivity contribution in [2.75, 3.05) is 18.1 Å². The normalized spacial score (nSPS) is 16.7. The summed E-state index contributed by atoms with van der Waals surface area (Å²) in [5.41, 5.74) is 3.32. The van der Waals surface area contributed by atoms with Gasteiger partial charge in [0.1, 0.15) is 0 Å². The molecule has 5 nitrogen and oxygen atoms in total. The maximum atomic E-state index is 12.0. The Labute approximate surface area is 158 Å². The summed E-state index contributed by atoms with van der Waals surface area (Å²) in [6, 6.07) is 3.47. The largest absolute Gasteiger partial charge is 0.504 e. The lowest BCUT2D eigenvalue weighted by molar-refractivity contribution is -0.121. The van der Waals surface area contributed by atoms with Gasteiger partial charge in [0.15, 0.2) is 11.5 Å². The third-order valence-corrected chi connectivity index (χ3v) is 7.25. The molecule has 0 bridgehead atoms. The number of phenolic OH excluding ortho intramolecular Hbond substituents is 1. The Hall–Kier alpha value is -0.610. The van der Waals surface area contributed by atoms with Crippen LogP contribution in [0.5, 0.6) is 11.5 Å². The molecule has 0 aliphatic carbocycles. The van der Waals surface area contributed by atoms with E-state index in [4.69, 9.17) is 4.74 Å². The Kier molecular flexibility index (Phi) is 6.90. The van der Waals surface area contributed by atoms with E-state index < -0.39 is 0 Å². The zero-order valence-corrected chi connectivity index (χ0v) is 16.8. The Bertz CT molecular complexity index is 605. The Balaban J connectivity index is 1.96. The summed E-state index contributed by atoms with van der Waals surface area (Å²) in [4.78, 5) is 12.0.